The normalized spacial score (nSPS) is 14.0. The molecule has 0 fully saturated rings. The van der Waals surface area contributed by atoms with E-state index >= 15 is 0 Å². The van der Waals surface area contributed by atoms with E-state index in [0.717, 1.165) is 0 Å². The number of aliphatic carboxylic acids is 1. The van der Waals surface area contributed by atoms with E-state index in [-0.39, 0.29) is 17.2 Å². The molecule has 1 aromatic carbocycles. The van der Waals surface area contributed by atoms with Crippen molar-refractivity contribution in [1.82, 2.24) is 5.32 Å². The molecule has 2 N–H and O–H groups in total. The molecule has 0 saturated carbocycles. The summed E-state index contributed by atoms with van der Waals surface area (Å²) in [5, 5.41) is 11.6. The number of hydrogen-bond donors (Lipinski definition) is 2. The Bertz CT molecular complexity index is 696. The van der Waals surface area contributed by atoms with Gasteiger partial charge < -0.3 is 15.2 Å². The topological polar surface area (TPSA) is 110 Å². The number of methoxy groups -OCH3 is 1. The van der Waals surface area contributed by atoms with E-state index in [9.17, 15) is 18.0 Å². The van der Waals surface area contributed by atoms with Crippen molar-refractivity contribution in [3.8, 4) is 5.75 Å². The molecule has 8 heteroatoms. The van der Waals surface area contributed by atoms with Crippen LogP contribution in [0.4, 0.5) is 0 Å². The zero-order valence-corrected chi connectivity index (χ0v) is 15.7. The third-order valence-corrected chi connectivity index (χ3v) is 5.59. The molecule has 7 nitrogen and oxygen atoms in total. The predicted octanol–water partition coefficient (Wildman–Crippen LogP) is 1.72. The van der Waals surface area contributed by atoms with E-state index in [2.05, 4.69) is 5.32 Å². The lowest BCUT2D eigenvalue weighted by atomic mass is 10.0. The lowest BCUT2D eigenvalue weighted by Gasteiger charge is -2.19. The van der Waals surface area contributed by atoms with Crippen LogP contribution in [0.5, 0.6) is 5.75 Å². The smallest absolute Gasteiger partial charge is 0.326 e. The molecule has 0 spiro atoms. The van der Waals surface area contributed by atoms with E-state index < -0.39 is 39.4 Å². The van der Waals surface area contributed by atoms with Gasteiger partial charge >= 0.3 is 5.97 Å². The van der Waals surface area contributed by atoms with Gasteiger partial charge in [-0.15, -0.1) is 0 Å². The first-order valence-electron chi connectivity index (χ1n) is 7.96. The van der Waals surface area contributed by atoms with Gasteiger partial charge in [-0.3, -0.25) is 4.79 Å². The van der Waals surface area contributed by atoms with E-state index in [1.165, 1.54) is 38.3 Å². The minimum atomic E-state index is -3.67. The Balaban J connectivity index is 2.79. The number of carbonyl (C=O) groups is 2. The molecule has 1 rings (SSSR count). The van der Waals surface area contributed by atoms with E-state index in [4.69, 9.17) is 9.84 Å². The Hall–Kier alpha value is -2.09. The van der Waals surface area contributed by atoms with Crippen molar-refractivity contribution in [2.24, 2.45) is 11.8 Å². The highest BCUT2D eigenvalue weighted by molar-refractivity contribution is 7.91. The van der Waals surface area contributed by atoms with Gasteiger partial charge in [0.25, 0.3) is 0 Å². The van der Waals surface area contributed by atoms with Crippen LogP contribution in [0, 0.1) is 11.8 Å². The molecule has 0 radical (unpaired) electrons. The molecule has 1 unspecified atom stereocenters. The maximum absolute atomic E-state index is 12.4. The number of rotatable bonds is 9. The summed E-state index contributed by atoms with van der Waals surface area (Å²) in [6, 6.07) is 4.86. The van der Waals surface area contributed by atoms with Crippen LogP contribution in [-0.4, -0.2) is 44.3 Å². The largest absolute Gasteiger partial charge is 0.497 e. The van der Waals surface area contributed by atoms with Gasteiger partial charge in [-0.1, -0.05) is 20.8 Å². The minimum absolute atomic E-state index is 0.0831. The highest BCUT2D eigenvalue weighted by Gasteiger charge is 2.27. The van der Waals surface area contributed by atoms with E-state index in [0.29, 0.717) is 5.75 Å². The number of ether oxygens (including phenoxy) is 1. The lowest BCUT2D eigenvalue weighted by molar-refractivity contribution is -0.142. The molecule has 0 aliphatic carbocycles. The van der Waals surface area contributed by atoms with E-state index in [1.807, 2.05) is 13.8 Å². The van der Waals surface area contributed by atoms with Crippen LogP contribution in [0.2, 0.25) is 0 Å². The second-order valence-electron chi connectivity index (χ2n) is 6.39. The van der Waals surface area contributed by atoms with Gasteiger partial charge in [-0.05, 0) is 36.6 Å². The van der Waals surface area contributed by atoms with Gasteiger partial charge in [0.1, 0.15) is 11.8 Å². The Morgan fingerprint density at radius 2 is 1.72 bits per heavy atom. The van der Waals surface area contributed by atoms with Gasteiger partial charge in [0.15, 0.2) is 9.84 Å². The molecule has 0 bridgehead atoms. The molecule has 0 aliphatic heterocycles. The first-order valence-corrected chi connectivity index (χ1v) is 9.62. The van der Waals surface area contributed by atoms with Crippen molar-refractivity contribution in [2.45, 2.75) is 38.1 Å². The van der Waals surface area contributed by atoms with Crippen LogP contribution < -0.4 is 10.1 Å². The predicted molar refractivity (Wildman–Crippen MR) is 93.2 cm³/mol. The van der Waals surface area contributed by atoms with Crippen molar-refractivity contribution in [2.75, 3.05) is 12.9 Å². The molecule has 1 aromatic rings. The first kappa shape index (κ1) is 21.0. The lowest BCUT2D eigenvalue weighted by Crippen LogP contribution is -2.45. The molecule has 1 amide bonds. The summed E-state index contributed by atoms with van der Waals surface area (Å²) in [5.41, 5.74) is 0. The summed E-state index contributed by atoms with van der Waals surface area (Å²) < 4.78 is 29.8. The third-order valence-electron chi connectivity index (χ3n) is 3.66. The number of amides is 1. The molecule has 25 heavy (non-hydrogen) atoms. The van der Waals surface area contributed by atoms with Crippen molar-refractivity contribution in [3.05, 3.63) is 24.3 Å². The third kappa shape index (κ3) is 6.38. The number of nitrogens with one attached hydrogen (secondary N) is 1. The number of carboxylic acid groups (broad SMARTS) is 1. The number of carboxylic acids is 1. The standard InChI is InChI=1S/C17H25NO6S/c1-11(2)9-15(17(20)21)18-16(19)12(3)10-25(22,23)14-7-5-13(24-4)6-8-14/h5-8,11-12,15H,9-10H2,1-4H3,(H,18,19)(H,20,21)/t12?,15-/m0/s1. The maximum Gasteiger partial charge on any atom is 0.326 e. The average Bonchev–Trinajstić information content (AvgIpc) is 2.53. The molecule has 140 valence electrons. The molecule has 0 saturated heterocycles. The fourth-order valence-electron chi connectivity index (χ4n) is 2.29. The second-order valence-corrected chi connectivity index (χ2v) is 8.42. The van der Waals surface area contributed by atoms with Gasteiger partial charge in [0.2, 0.25) is 5.91 Å². The SMILES string of the molecule is COc1ccc(S(=O)(=O)CC(C)C(=O)N[C@@H](CC(C)C)C(=O)O)cc1. The van der Waals surface area contributed by atoms with Gasteiger partial charge in [0.05, 0.1) is 17.8 Å². The zero-order valence-electron chi connectivity index (χ0n) is 14.9. The fourth-order valence-corrected chi connectivity index (χ4v) is 3.84. The highest BCUT2D eigenvalue weighted by Crippen LogP contribution is 2.19. The summed E-state index contributed by atoms with van der Waals surface area (Å²) in [6.45, 7) is 5.16. The van der Waals surface area contributed by atoms with Crippen LogP contribution in [0.3, 0.4) is 0 Å². The van der Waals surface area contributed by atoms with Crippen molar-refractivity contribution in [1.29, 1.82) is 0 Å². The summed E-state index contributed by atoms with van der Waals surface area (Å²) >= 11 is 0. The molecule has 0 heterocycles. The van der Waals surface area contributed by atoms with Crippen LogP contribution >= 0.6 is 0 Å². The van der Waals surface area contributed by atoms with Gasteiger partial charge in [-0.2, -0.15) is 0 Å². The van der Waals surface area contributed by atoms with Crippen molar-refractivity contribution in [3.63, 3.8) is 0 Å². The van der Waals surface area contributed by atoms with Crippen molar-refractivity contribution >= 4 is 21.7 Å². The van der Waals surface area contributed by atoms with Crippen LogP contribution in [0.1, 0.15) is 27.2 Å². The Kier molecular flexibility index (Phi) is 7.41. The first-order chi connectivity index (χ1) is 11.6. The van der Waals surface area contributed by atoms with E-state index in [1.54, 1.807) is 0 Å². The summed E-state index contributed by atoms with van der Waals surface area (Å²) in [4.78, 5) is 23.5. The minimum Gasteiger partial charge on any atom is -0.497 e. The molecular formula is C17H25NO6S. The number of benzene rings is 1. The molecule has 2 atom stereocenters. The Morgan fingerprint density at radius 1 is 1.16 bits per heavy atom. The van der Waals surface area contributed by atoms with Gasteiger partial charge in [-0.25, -0.2) is 13.2 Å². The number of sulfone groups is 1. The second kappa shape index (κ2) is 8.84. The fraction of sp³-hybridized carbons (Fsp3) is 0.529. The van der Waals surface area contributed by atoms with Crippen LogP contribution in [0.25, 0.3) is 0 Å². The van der Waals surface area contributed by atoms with Crippen LogP contribution in [0.15, 0.2) is 29.2 Å². The molecule has 0 aromatic heterocycles. The summed E-state index contributed by atoms with van der Waals surface area (Å²) in [6.07, 6.45) is 0.277. The maximum atomic E-state index is 12.4. The average molecular weight is 371 g/mol. The summed E-state index contributed by atoms with van der Waals surface area (Å²) in [7, 11) is -2.19. The Labute approximate surface area is 148 Å². The number of carbonyl (C=O) groups excluding carboxylic acids is 1. The monoisotopic (exact) mass is 371 g/mol. The Morgan fingerprint density at radius 3 is 2.16 bits per heavy atom. The van der Waals surface area contributed by atoms with Crippen molar-refractivity contribution < 1.29 is 27.9 Å². The number of hydrogen-bond acceptors (Lipinski definition) is 5. The summed E-state index contributed by atoms with van der Waals surface area (Å²) in [5.74, 6) is -2.39. The van der Waals surface area contributed by atoms with Crippen LogP contribution in [-0.2, 0) is 19.4 Å². The highest BCUT2D eigenvalue weighted by atomic mass is 32.2. The molecular weight excluding hydrogens is 346 g/mol. The zero-order chi connectivity index (χ0) is 19.2. The van der Waals surface area contributed by atoms with Gasteiger partial charge in [0, 0.05) is 5.92 Å². The quantitative estimate of drug-likeness (QED) is 0.684. The molecule has 0 aliphatic rings.